The molecule has 0 aliphatic carbocycles. The number of rotatable bonds is 5. The molecule has 1 aliphatic rings. The highest BCUT2D eigenvalue weighted by molar-refractivity contribution is 9.10. The van der Waals surface area contributed by atoms with E-state index in [0.717, 1.165) is 61.9 Å². The number of hydrogen-bond donors (Lipinski definition) is 1. The van der Waals surface area contributed by atoms with Gasteiger partial charge in [-0.3, -0.25) is 14.4 Å². The van der Waals surface area contributed by atoms with Gasteiger partial charge in [0.05, 0.1) is 24.0 Å². The highest BCUT2D eigenvalue weighted by Gasteiger charge is 2.22. The summed E-state index contributed by atoms with van der Waals surface area (Å²) >= 11 is 9.39. The number of fused-ring (bicyclic) bond motifs is 4. The van der Waals surface area contributed by atoms with E-state index in [0.29, 0.717) is 18.1 Å². The summed E-state index contributed by atoms with van der Waals surface area (Å²) in [5.74, 6) is 2.45. The van der Waals surface area contributed by atoms with Crippen LogP contribution >= 0.6 is 27.5 Å². The summed E-state index contributed by atoms with van der Waals surface area (Å²) in [6.45, 7) is 4.60. The van der Waals surface area contributed by atoms with Gasteiger partial charge >= 0.3 is 0 Å². The fourth-order valence-electron chi connectivity index (χ4n) is 4.61. The lowest BCUT2D eigenvalue weighted by molar-refractivity contribution is -0.118. The number of hydrogen-bond acceptors (Lipinski definition) is 6. The molecule has 0 saturated carbocycles. The molecule has 1 amide bonds. The highest BCUT2D eigenvalue weighted by atomic mass is 79.9. The molecular formula is C31H28BrClN6O2. The molecule has 0 fully saturated rings. The average molecular weight is 632 g/mol. The van der Waals surface area contributed by atoms with Gasteiger partial charge in [0.25, 0.3) is 0 Å². The van der Waals surface area contributed by atoms with E-state index in [4.69, 9.17) is 21.3 Å². The minimum absolute atomic E-state index is 0.00617. The largest absolute Gasteiger partial charge is 0.497 e. The summed E-state index contributed by atoms with van der Waals surface area (Å²) in [4.78, 5) is 20.0. The molecule has 1 aliphatic heterocycles. The first-order chi connectivity index (χ1) is 19.8. The van der Waals surface area contributed by atoms with E-state index in [1.807, 2.05) is 66.1 Å². The third-order valence-electron chi connectivity index (χ3n) is 6.60. The van der Waals surface area contributed by atoms with Gasteiger partial charge in [-0.1, -0.05) is 41.9 Å². The first kappa shape index (κ1) is 28.4. The van der Waals surface area contributed by atoms with Gasteiger partial charge in [-0.05, 0) is 77.3 Å². The van der Waals surface area contributed by atoms with Gasteiger partial charge in [-0.15, -0.1) is 10.2 Å². The number of methoxy groups -OCH3 is 1. The molecule has 6 rings (SSSR count). The smallest absolute Gasteiger partial charge is 0.216 e. The summed E-state index contributed by atoms with van der Waals surface area (Å²) in [5.41, 5.74) is 6.03. The van der Waals surface area contributed by atoms with Crippen molar-refractivity contribution in [2.24, 2.45) is 4.99 Å². The zero-order chi connectivity index (χ0) is 28.9. The Morgan fingerprint density at radius 2 is 1.83 bits per heavy atom. The molecule has 0 bridgehead atoms. The summed E-state index contributed by atoms with van der Waals surface area (Å²) in [6.07, 6.45) is 0.823. The van der Waals surface area contributed by atoms with E-state index in [2.05, 4.69) is 54.6 Å². The maximum Gasteiger partial charge on any atom is 0.216 e. The predicted molar refractivity (Wildman–Crippen MR) is 165 cm³/mol. The number of aromatic nitrogens is 4. The zero-order valence-corrected chi connectivity index (χ0v) is 25.2. The Hall–Kier alpha value is -4.08. The van der Waals surface area contributed by atoms with Crippen molar-refractivity contribution in [2.45, 2.75) is 26.8 Å². The van der Waals surface area contributed by atoms with Gasteiger partial charge in [0, 0.05) is 35.0 Å². The Kier molecular flexibility index (Phi) is 8.75. The standard InChI is InChI=1S/C18H15ClN4O.C13H13BrN2O/c1-11-21-22-17-10-20-18(12-3-5-13(19)6-4-12)15-9-14(24-2)7-8-16(15)23(11)17;1-9(17)15-7-6-10-2-3-11-4-5-13(14)16-12(11)8-10/h3-9H,10H2,1-2H3;2-5,8H,6-7H2,1H3,(H,15,17). The number of ether oxygens (including phenoxy) is 1. The highest BCUT2D eigenvalue weighted by Crippen LogP contribution is 2.29. The Bertz CT molecular complexity index is 1750. The van der Waals surface area contributed by atoms with Gasteiger partial charge in [-0.2, -0.15) is 0 Å². The van der Waals surface area contributed by atoms with Crippen molar-refractivity contribution in [3.8, 4) is 11.4 Å². The lowest BCUT2D eigenvalue weighted by Crippen LogP contribution is -2.22. The van der Waals surface area contributed by atoms with Crippen molar-refractivity contribution in [3.63, 3.8) is 0 Å². The molecule has 10 heteroatoms. The van der Waals surface area contributed by atoms with Crippen LogP contribution in [-0.2, 0) is 17.8 Å². The van der Waals surface area contributed by atoms with Gasteiger partial charge in [0.15, 0.2) is 5.82 Å². The summed E-state index contributed by atoms with van der Waals surface area (Å²) in [7, 11) is 1.66. The van der Waals surface area contributed by atoms with Crippen LogP contribution in [0.1, 0.15) is 35.3 Å². The van der Waals surface area contributed by atoms with Crippen molar-refractivity contribution in [2.75, 3.05) is 13.7 Å². The van der Waals surface area contributed by atoms with Crippen LogP contribution in [-0.4, -0.2) is 45.0 Å². The number of amides is 1. The molecule has 0 radical (unpaired) electrons. The second-order valence-electron chi connectivity index (χ2n) is 9.45. The molecule has 8 nitrogen and oxygen atoms in total. The Balaban J connectivity index is 0.000000175. The zero-order valence-electron chi connectivity index (χ0n) is 22.9. The molecule has 0 unspecified atom stereocenters. The number of carbonyl (C=O) groups is 1. The summed E-state index contributed by atoms with van der Waals surface area (Å²) < 4.78 is 8.29. The predicted octanol–water partition coefficient (Wildman–Crippen LogP) is 6.26. The minimum Gasteiger partial charge on any atom is -0.497 e. The van der Waals surface area contributed by atoms with E-state index in [1.54, 1.807) is 7.11 Å². The maximum absolute atomic E-state index is 10.8. The van der Waals surface area contributed by atoms with E-state index >= 15 is 0 Å². The van der Waals surface area contributed by atoms with E-state index < -0.39 is 0 Å². The van der Waals surface area contributed by atoms with E-state index in [-0.39, 0.29) is 5.91 Å². The number of benzene rings is 3. The Labute approximate surface area is 251 Å². The fraction of sp³-hybridized carbons (Fsp3) is 0.194. The number of nitrogens with zero attached hydrogens (tertiary/aromatic N) is 5. The second kappa shape index (κ2) is 12.6. The summed E-state index contributed by atoms with van der Waals surface area (Å²) in [6, 6.07) is 23.8. The topological polar surface area (TPSA) is 94.3 Å². The van der Waals surface area contributed by atoms with Crippen LogP contribution in [0.5, 0.6) is 5.75 Å². The second-order valence-corrected chi connectivity index (χ2v) is 10.7. The fourth-order valence-corrected chi connectivity index (χ4v) is 5.06. The third kappa shape index (κ3) is 6.64. The van der Waals surface area contributed by atoms with Crippen LogP contribution in [0.2, 0.25) is 5.02 Å². The lowest BCUT2D eigenvalue weighted by Gasteiger charge is -2.14. The van der Waals surface area contributed by atoms with Crippen LogP contribution in [0.4, 0.5) is 0 Å². The van der Waals surface area contributed by atoms with Crippen LogP contribution < -0.4 is 10.1 Å². The van der Waals surface area contributed by atoms with E-state index in [1.165, 1.54) is 12.5 Å². The number of aliphatic imine (C=N–C) groups is 1. The van der Waals surface area contributed by atoms with Crippen LogP contribution in [0.25, 0.3) is 16.6 Å². The van der Waals surface area contributed by atoms with Gasteiger partial charge < -0.3 is 10.1 Å². The number of pyridine rings is 1. The molecule has 2 aromatic heterocycles. The Morgan fingerprint density at radius 1 is 1.05 bits per heavy atom. The minimum atomic E-state index is 0.00617. The SMILES string of the molecule is CC(=O)NCCc1ccc2ccc(Br)nc2c1.COc1ccc2c(c1)C(c1ccc(Cl)cc1)=NCc1nnc(C)n1-2. The molecule has 0 saturated heterocycles. The molecular weight excluding hydrogens is 604 g/mol. The van der Waals surface area contributed by atoms with Crippen molar-refractivity contribution in [3.05, 3.63) is 111 Å². The first-order valence-corrected chi connectivity index (χ1v) is 14.2. The van der Waals surface area contributed by atoms with Gasteiger partial charge in [-0.25, -0.2) is 4.98 Å². The van der Waals surface area contributed by atoms with Crippen molar-refractivity contribution in [1.82, 2.24) is 25.1 Å². The first-order valence-electron chi connectivity index (χ1n) is 13.0. The van der Waals surface area contributed by atoms with Gasteiger partial charge in [0.1, 0.15) is 22.7 Å². The van der Waals surface area contributed by atoms with Crippen LogP contribution in [0.3, 0.4) is 0 Å². The third-order valence-corrected chi connectivity index (χ3v) is 7.29. The monoisotopic (exact) mass is 630 g/mol. The summed E-state index contributed by atoms with van der Waals surface area (Å²) in [5, 5.41) is 13.0. The maximum atomic E-state index is 10.8. The molecule has 3 heterocycles. The molecule has 208 valence electrons. The molecule has 41 heavy (non-hydrogen) atoms. The quantitative estimate of drug-likeness (QED) is 0.231. The Morgan fingerprint density at radius 3 is 2.59 bits per heavy atom. The number of carbonyl (C=O) groups excluding carboxylic acids is 1. The lowest BCUT2D eigenvalue weighted by atomic mass is 10.00. The van der Waals surface area contributed by atoms with Gasteiger partial charge in [0.2, 0.25) is 5.91 Å². The molecule has 3 aromatic carbocycles. The molecule has 0 spiro atoms. The van der Waals surface area contributed by atoms with E-state index in [9.17, 15) is 4.79 Å². The normalized spacial score (nSPS) is 11.9. The van der Waals surface area contributed by atoms with Crippen LogP contribution in [0, 0.1) is 6.92 Å². The van der Waals surface area contributed by atoms with Crippen LogP contribution in [0.15, 0.2) is 82.4 Å². The molecule has 0 atom stereocenters. The van der Waals surface area contributed by atoms with Crippen molar-refractivity contribution < 1.29 is 9.53 Å². The number of nitrogens with one attached hydrogen (secondary N) is 1. The van der Waals surface area contributed by atoms with Crippen molar-refractivity contribution in [1.29, 1.82) is 0 Å². The molecule has 5 aromatic rings. The average Bonchev–Trinajstić information content (AvgIpc) is 3.24. The number of aryl methyl sites for hydroxylation is 1. The molecule has 1 N–H and O–H groups in total. The number of halogens is 2. The van der Waals surface area contributed by atoms with Crippen molar-refractivity contribution >= 4 is 50.1 Å².